The Hall–Kier alpha value is -2.81. The number of H-pyrrole nitrogens is 1. The van der Waals surface area contributed by atoms with Crippen molar-refractivity contribution in [2.75, 3.05) is 46.6 Å². The average Bonchev–Trinajstić information content (AvgIpc) is 3.22. The van der Waals surface area contributed by atoms with Crippen LogP contribution >= 0.6 is 0 Å². The molecule has 0 bridgehead atoms. The van der Waals surface area contributed by atoms with Gasteiger partial charge in [0.2, 0.25) is 0 Å². The summed E-state index contributed by atoms with van der Waals surface area (Å²) in [6.07, 6.45) is 2.39. The Labute approximate surface area is 175 Å². The van der Waals surface area contributed by atoms with E-state index in [2.05, 4.69) is 49.4 Å². The van der Waals surface area contributed by atoms with Crippen molar-refractivity contribution in [2.45, 2.75) is 13.0 Å². The quantitative estimate of drug-likeness (QED) is 0.554. The van der Waals surface area contributed by atoms with Crippen LogP contribution in [-0.2, 0) is 16.0 Å². The molecule has 4 rings (SSSR count). The lowest BCUT2D eigenvalue weighted by Gasteiger charge is -2.26. The highest BCUT2D eigenvalue weighted by Crippen LogP contribution is 2.22. The fourth-order valence-corrected chi connectivity index (χ4v) is 3.53. The first kappa shape index (κ1) is 20.5. The molecule has 3 heterocycles. The summed E-state index contributed by atoms with van der Waals surface area (Å²) in [6.45, 7) is 5.61. The number of morpholine rings is 1. The van der Waals surface area contributed by atoms with Crippen LogP contribution in [0.5, 0.6) is 0 Å². The smallest absolute Gasteiger partial charge is 0.253 e. The lowest BCUT2D eigenvalue weighted by atomic mass is 10.1. The number of rotatable bonds is 8. The molecule has 0 atom stereocenters. The highest BCUT2D eigenvalue weighted by molar-refractivity contribution is 6.04. The van der Waals surface area contributed by atoms with Gasteiger partial charge in [-0.2, -0.15) is 0 Å². The van der Waals surface area contributed by atoms with Gasteiger partial charge in [0.15, 0.2) is 5.65 Å². The normalized spacial score (nSPS) is 14.8. The molecule has 1 saturated heterocycles. The molecule has 30 heavy (non-hydrogen) atoms. The SMILES string of the molecule is COCCCNC(=O)c1ccnc2[nH]c(-c3ccc(CN4CCOCC4)cc3)nc12. The number of imidazole rings is 1. The number of nitrogens with one attached hydrogen (secondary N) is 2. The van der Waals surface area contributed by atoms with Gasteiger partial charge in [-0.25, -0.2) is 9.97 Å². The summed E-state index contributed by atoms with van der Waals surface area (Å²) in [5.41, 5.74) is 3.92. The van der Waals surface area contributed by atoms with Gasteiger partial charge in [-0.3, -0.25) is 9.69 Å². The van der Waals surface area contributed by atoms with Gasteiger partial charge in [0.05, 0.1) is 18.8 Å². The summed E-state index contributed by atoms with van der Waals surface area (Å²) >= 11 is 0. The third kappa shape index (κ3) is 4.84. The van der Waals surface area contributed by atoms with E-state index in [1.54, 1.807) is 19.4 Å². The van der Waals surface area contributed by atoms with Gasteiger partial charge in [0, 0.05) is 51.7 Å². The lowest BCUT2D eigenvalue weighted by molar-refractivity contribution is 0.0342. The van der Waals surface area contributed by atoms with Gasteiger partial charge in [0.1, 0.15) is 11.3 Å². The number of ether oxygens (including phenoxy) is 2. The van der Waals surface area contributed by atoms with Gasteiger partial charge in [-0.15, -0.1) is 0 Å². The molecule has 1 aliphatic rings. The van der Waals surface area contributed by atoms with E-state index in [1.165, 1.54) is 5.56 Å². The van der Waals surface area contributed by atoms with Crippen molar-refractivity contribution in [1.29, 1.82) is 0 Å². The maximum absolute atomic E-state index is 12.6. The molecule has 3 aromatic rings. The number of benzene rings is 1. The minimum Gasteiger partial charge on any atom is -0.385 e. The number of carbonyl (C=O) groups is 1. The lowest BCUT2D eigenvalue weighted by Crippen LogP contribution is -2.35. The number of fused-ring (bicyclic) bond motifs is 1. The van der Waals surface area contributed by atoms with Crippen LogP contribution in [0.4, 0.5) is 0 Å². The third-order valence-electron chi connectivity index (χ3n) is 5.18. The Morgan fingerprint density at radius 1 is 1.23 bits per heavy atom. The maximum Gasteiger partial charge on any atom is 0.253 e. The number of pyridine rings is 1. The van der Waals surface area contributed by atoms with Crippen LogP contribution in [0.15, 0.2) is 36.5 Å². The molecular weight excluding hydrogens is 382 g/mol. The zero-order valence-corrected chi connectivity index (χ0v) is 17.2. The summed E-state index contributed by atoms with van der Waals surface area (Å²) in [7, 11) is 1.65. The number of methoxy groups -OCH3 is 1. The number of carbonyl (C=O) groups excluding carboxylic acids is 1. The summed E-state index contributed by atoms with van der Waals surface area (Å²) in [5.74, 6) is 0.549. The first-order chi connectivity index (χ1) is 14.7. The molecule has 2 N–H and O–H groups in total. The predicted octanol–water partition coefficient (Wildman–Crippen LogP) is 2.22. The fraction of sp³-hybridized carbons (Fsp3) is 0.409. The number of aromatic amines is 1. The molecule has 1 aliphatic heterocycles. The molecular formula is C22H27N5O3. The molecule has 0 saturated carbocycles. The van der Waals surface area contributed by atoms with Gasteiger partial charge in [-0.05, 0) is 18.1 Å². The fourth-order valence-electron chi connectivity index (χ4n) is 3.53. The Morgan fingerprint density at radius 2 is 2.03 bits per heavy atom. The van der Waals surface area contributed by atoms with Crippen LogP contribution in [0.2, 0.25) is 0 Å². The number of hydrogen-bond donors (Lipinski definition) is 2. The third-order valence-corrected chi connectivity index (χ3v) is 5.18. The van der Waals surface area contributed by atoms with E-state index in [9.17, 15) is 4.79 Å². The van der Waals surface area contributed by atoms with Crippen LogP contribution in [0.25, 0.3) is 22.6 Å². The molecule has 8 nitrogen and oxygen atoms in total. The van der Waals surface area contributed by atoms with Crippen LogP contribution in [0, 0.1) is 0 Å². The Balaban J connectivity index is 1.48. The van der Waals surface area contributed by atoms with E-state index in [1.807, 2.05) is 0 Å². The van der Waals surface area contributed by atoms with Crippen LogP contribution < -0.4 is 5.32 Å². The first-order valence-corrected chi connectivity index (χ1v) is 10.3. The van der Waals surface area contributed by atoms with E-state index in [-0.39, 0.29) is 5.91 Å². The van der Waals surface area contributed by atoms with E-state index in [0.717, 1.165) is 44.8 Å². The molecule has 0 spiro atoms. The molecule has 0 aliphatic carbocycles. The van der Waals surface area contributed by atoms with Crippen molar-refractivity contribution < 1.29 is 14.3 Å². The van der Waals surface area contributed by atoms with E-state index >= 15 is 0 Å². The molecule has 2 aromatic heterocycles. The van der Waals surface area contributed by atoms with Crippen LogP contribution in [-0.4, -0.2) is 72.3 Å². The summed E-state index contributed by atoms with van der Waals surface area (Å²) in [4.78, 5) is 27.2. The Morgan fingerprint density at radius 3 is 2.80 bits per heavy atom. The summed E-state index contributed by atoms with van der Waals surface area (Å²) in [6, 6.07) is 10.0. The minimum absolute atomic E-state index is 0.155. The average molecular weight is 409 g/mol. The second kappa shape index (κ2) is 9.80. The summed E-state index contributed by atoms with van der Waals surface area (Å²) in [5, 5.41) is 2.91. The standard InChI is InChI=1S/C22H27N5O3/c1-29-12-2-8-24-22(28)18-7-9-23-21-19(18)25-20(26-21)17-5-3-16(4-6-17)15-27-10-13-30-14-11-27/h3-7,9H,2,8,10-15H2,1H3,(H,24,28)(H,23,25,26). The second-order valence-corrected chi connectivity index (χ2v) is 7.33. The minimum atomic E-state index is -0.155. The number of hydrogen-bond acceptors (Lipinski definition) is 6. The highest BCUT2D eigenvalue weighted by Gasteiger charge is 2.15. The largest absolute Gasteiger partial charge is 0.385 e. The van der Waals surface area contributed by atoms with Gasteiger partial charge in [0.25, 0.3) is 5.91 Å². The number of aromatic nitrogens is 3. The predicted molar refractivity (Wildman–Crippen MR) is 114 cm³/mol. The monoisotopic (exact) mass is 409 g/mol. The molecule has 1 aromatic carbocycles. The Bertz CT molecular complexity index is 980. The van der Waals surface area contributed by atoms with E-state index in [4.69, 9.17) is 9.47 Å². The van der Waals surface area contributed by atoms with Crippen LogP contribution in [0.1, 0.15) is 22.3 Å². The van der Waals surface area contributed by atoms with Crippen molar-refractivity contribution in [2.24, 2.45) is 0 Å². The van der Waals surface area contributed by atoms with Crippen molar-refractivity contribution in [3.8, 4) is 11.4 Å². The molecule has 0 unspecified atom stereocenters. The zero-order chi connectivity index (χ0) is 20.8. The zero-order valence-electron chi connectivity index (χ0n) is 17.2. The first-order valence-electron chi connectivity index (χ1n) is 10.3. The van der Waals surface area contributed by atoms with E-state index in [0.29, 0.717) is 35.7 Å². The summed E-state index contributed by atoms with van der Waals surface area (Å²) < 4.78 is 10.4. The molecule has 158 valence electrons. The van der Waals surface area contributed by atoms with Gasteiger partial charge in [-0.1, -0.05) is 24.3 Å². The van der Waals surface area contributed by atoms with E-state index < -0.39 is 0 Å². The molecule has 0 radical (unpaired) electrons. The van der Waals surface area contributed by atoms with Crippen molar-refractivity contribution in [3.05, 3.63) is 47.7 Å². The van der Waals surface area contributed by atoms with Crippen molar-refractivity contribution >= 4 is 17.1 Å². The molecule has 8 heteroatoms. The molecule has 1 fully saturated rings. The van der Waals surface area contributed by atoms with Gasteiger partial charge < -0.3 is 19.8 Å². The topological polar surface area (TPSA) is 92.4 Å². The van der Waals surface area contributed by atoms with Crippen molar-refractivity contribution in [3.63, 3.8) is 0 Å². The Kier molecular flexibility index (Phi) is 6.68. The molecule has 1 amide bonds. The number of nitrogens with zero attached hydrogens (tertiary/aromatic N) is 3. The highest BCUT2D eigenvalue weighted by atomic mass is 16.5. The number of amides is 1. The van der Waals surface area contributed by atoms with Crippen LogP contribution in [0.3, 0.4) is 0 Å². The van der Waals surface area contributed by atoms with Crippen molar-refractivity contribution in [1.82, 2.24) is 25.2 Å². The maximum atomic E-state index is 12.6. The second-order valence-electron chi connectivity index (χ2n) is 7.33. The van der Waals surface area contributed by atoms with Gasteiger partial charge >= 0.3 is 0 Å².